The number of aliphatic hydroxyl groups excluding tert-OH is 1. The Morgan fingerprint density at radius 3 is 2.67 bits per heavy atom. The van der Waals surface area contributed by atoms with E-state index in [4.69, 9.17) is 10.5 Å². The molecule has 0 spiro atoms. The van der Waals surface area contributed by atoms with Gasteiger partial charge in [0, 0.05) is 13.1 Å². The number of nitrogens with two attached hydrogens (primary N) is 1. The van der Waals surface area contributed by atoms with Crippen molar-refractivity contribution in [2.24, 2.45) is 0 Å². The summed E-state index contributed by atoms with van der Waals surface area (Å²) in [6.07, 6.45) is 1.20. The molecule has 0 amide bonds. The first kappa shape index (κ1) is 15.6. The van der Waals surface area contributed by atoms with Gasteiger partial charge in [-0.05, 0) is 33.6 Å². The largest absolute Gasteiger partial charge is 0.465 e. The molecule has 0 aromatic carbocycles. The van der Waals surface area contributed by atoms with Crippen LogP contribution in [0.1, 0.15) is 44.0 Å². The van der Waals surface area contributed by atoms with Crippen molar-refractivity contribution in [2.45, 2.75) is 45.3 Å². The van der Waals surface area contributed by atoms with E-state index >= 15 is 0 Å². The van der Waals surface area contributed by atoms with Crippen molar-refractivity contribution in [3.05, 3.63) is 5.56 Å². The molecule has 1 aliphatic heterocycles. The average molecular weight is 296 g/mol. The number of carbonyl (C=O) groups excluding carboxylic acids is 1. The van der Waals surface area contributed by atoms with Crippen molar-refractivity contribution in [1.29, 1.82) is 0 Å². The van der Waals surface area contributed by atoms with E-state index in [1.807, 2.05) is 25.7 Å². The van der Waals surface area contributed by atoms with Crippen LogP contribution in [0.2, 0.25) is 0 Å². The van der Waals surface area contributed by atoms with Gasteiger partial charge in [-0.25, -0.2) is 9.48 Å². The van der Waals surface area contributed by atoms with E-state index in [9.17, 15) is 9.90 Å². The molecule has 1 fully saturated rings. The number of hydrogen-bond acceptors (Lipinski definition) is 6. The highest BCUT2D eigenvalue weighted by molar-refractivity contribution is 5.99. The van der Waals surface area contributed by atoms with Crippen LogP contribution in [0.15, 0.2) is 0 Å². The molecule has 7 heteroatoms. The number of methoxy groups -OCH3 is 1. The highest BCUT2D eigenvalue weighted by Crippen LogP contribution is 2.31. The molecular formula is C14H24N4O3. The van der Waals surface area contributed by atoms with Crippen LogP contribution in [-0.4, -0.2) is 47.2 Å². The normalized spacial score (nSPS) is 19.7. The second-order valence-electron chi connectivity index (χ2n) is 6.40. The summed E-state index contributed by atoms with van der Waals surface area (Å²) in [5.41, 5.74) is 6.05. The first-order valence-corrected chi connectivity index (χ1v) is 7.16. The molecule has 1 aromatic rings. The number of carbonyl (C=O) groups is 1. The van der Waals surface area contributed by atoms with Crippen LogP contribution in [-0.2, 0) is 10.3 Å². The number of aliphatic hydroxyl groups is 1. The van der Waals surface area contributed by atoms with Crippen LogP contribution in [0.25, 0.3) is 0 Å². The van der Waals surface area contributed by atoms with Crippen LogP contribution >= 0.6 is 0 Å². The highest BCUT2D eigenvalue weighted by Gasteiger charge is 2.32. The van der Waals surface area contributed by atoms with E-state index in [1.54, 1.807) is 4.68 Å². The maximum atomic E-state index is 12.1. The smallest absolute Gasteiger partial charge is 0.345 e. The monoisotopic (exact) mass is 296 g/mol. The molecule has 0 aliphatic carbocycles. The molecule has 1 aliphatic rings. The van der Waals surface area contributed by atoms with Crippen LogP contribution in [0.5, 0.6) is 0 Å². The number of nitrogens with zero attached hydrogens (tertiary/aromatic N) is 3. The second-order valence-corrected chi connectivity index (χ2v) is 6.40. The summed E-state index contributed by atoms with van der Waals surface area (Å²) >= 11 is 0. The molecular weight excluding hydrogens is 272 g/mol. The summed E-state index contributed by atoms with van der Waals surface area (Å²) in [6.45, 7) is 7.08. The summed E-state index contributed by atoms with van der Waals surface area (Å²) in [6, 6.07) is 0. The lowest BCUT2D eigenvalue weighted by atomic mass is 10.1. The molecule has 118 valence electrons. The number of aromatic nitrogens is 2. The molecule has 3 N–H and O–H groups in total. The molecule has 7 nitrogen and oxygen atoms in total. The third-order valence-electron chi connectivity index (χ3n) is 3.62. The summed E-state index contributed by atoms with van der Waals surface area (Å²) in [5, 5.41) is 14.4. The molecule has 1 aromatic heterocycles. The van der Waals surface area contributed by atoms with E-state index in [-0.39, 0.29) is 11.1 Å². The van der Waals surface area contributed by atoms with E-state index < -0.39 is 12.1 Å². The molecule has 1 atom stereocenters. The van der Waals surface area contributed by atoms with Crippen molar-refractivity contribution in [3.8, 4) is 0 Å². The molecule has 1 saturated heterocycles. The Kier molecular flexibility index (Phi) is 4.13. The average Bonchev–Trinajstić information content (AvgIpc) is 2.75. The number of rotatable bonds is 2. The predicted molar refractivity (Wildman–Crippen MR) is 80.4 cm³/mol. The fourth-order valence-electron chi connectivity index (χ4n) is 2.60. The Morgan fingerprint density at radius 1 is 1.48 bits per heavy atom. The molecule has 21 heavy (non-hydrogen) atoms. The summed E-state index contributed by atoms with van der Waals surface area (Å²) in [4.78, 5) is 14.0. The molecule has 2 rings (SSSR count). The lowest BCUT2D eigenvalue weighted by Crippen LogP contribution is -2.39. The van der Waals surface area contributed by atoms with Crippen molar-refractivity contribution in [3.63, 3.8) is 0 Å². The number of ether oxygens (including phenoxy) is 1. The quantitative estimate of drug-likeness (QED) is 0.790. The van der Waals surface area contributed by atoms with Crippen molar-refractivity contribution in [1.82, 2.24) is 9.78 Å². The number of piperidine rings is 1. The number of hydrogen-bond donors (Lipinski definition) is 2. The summed E-state index contributed by atoms with van der Waals surface area (Å²) in [5.74, 6) is 0.288. The number of esters is 1. The zero-order valence-corrected chi connectivity index (χ0v) is 13.1. The van der Waals surface area contributed by atoms with Crippen LogP contribution in [0, 0.1) is 0 Å². The second kappa shape index (κ2) is 5.55. The molecule has 0 radical (unpaired) electrons. The van der Waals surface area contributed by atoms with Crippen molar-refractivity contribution in [2.75, 3.05) is 30.8 Å². The maximum Gasteiger partial charge on any atom is 0.345 e. The van der Waals surface area contributed by atoms with Gasteiger partial charge in [0.25, 0.3) is 0 Å². The Labute approximate surface area is 124 Å². The standard InChI is InChI=1S/C14H24N4O3/c1-14(2,3)18-11(15)10(13(20)21-4)12(16-18)17-7-5-6-9(19)8-17/h9,19H,5-8,15H2,1-4H3. The van der Waals surface area contributed by atoms with E-state index in [2.05, 4.69) is 5.10 Å². The van der Waals surface area contributed by atoms with Crippen molar-refractivity contribution < 1.29 is 14.6 Å². The number of nitrogen functional groups attached to an aromatic ring is 1. The Hall–Kier alpha value is -1.76. The van der Waals surface area contributed by atoms with Gasteiger partial charge < -0.3 is 20.5 Å². The Bertz CT molecular complexity index is 533. The van der Waals surface area contributed by atoms with Gasteiger partial charge in [0.05, 0.1) is 18.8 Å². The van der Waals surface area contributed by atoms with E-state index in [0.29, 0.717) is 18.2 Å². The zero-order chi connectivity index (χ0) is 15.8. The van der Waals surface area contributed by atoms with Crippen LogP contribution in [0.4, 0.5) is 11.6 Å². The van der Waals surface area contributed by atoms with Gasteiger partial charge in [0.2, 0.25) is 0 Å². The van der Waals surface area contributed by atoms with E-state index in [1.165, 1.54) is 7.11 Å². The Balaban J connectivity index is 2.50. The SMILES string of the molecule is COC(=O)c1c(N2CCCC(O)C2)nn(C(C)(C)C)c1N. The van der Waals surface area contributed by atoms with Crippen LogP contribution < -0.4 is 10.6 Å². The first-order valence-electron chi connectivity index (χ1n) is 7.16. The minimum absolute atomic E-state index is 0.279. The van der Waals surface area contributed by atoms with Gasteiger partial charge in [-0.15, -0.1) is 0 Å². The van der Waals surface area contributed by atoms with Crippen molar-refractivity contribution >= 4 is 17.6 Å². The number of anilines is 2. The fraction of sp³-hybridized carbons (Fsp3) is 0.714. The van der Waals surface area contributed by atoms with Gasteiger partial charge >= 0.3 is 5.97 Å². The predicted octanol–water partition coefficient (Wildman–Crippen LogP) is 0.968. The minimum Gasteiger partial charge on any atom is -0.465 e. The third kappa shape index (κ3) is 2.97. The third-order valence-corrected chi connectivity index (χ3v) is 3.62. The minimum atomic E-state index is -0.502. The molecule has 0 bridgehead atoms. The lowest BCUT2D eigenvalue weighted by Gasteiger charge is -2.30. The van der Waals surface area contributed by atoms with Crippen LogP contribution in [0.3, 0.4) is 0 Å². The van der Waals surface area contributed by atoms with E-state index in [0.717, 1.165) is 19.4 Å². The van der Waals surface area contributed by atoms with Gasteiger partial charge in [-0.2, -0.15) is 5.10 Å². The lowest BCUT2D eigenvalue weighted by molar-refractivity contribution is 0.0602. The van der Waals surface area contributed by atoms with Gasteiger partial charge in [0.1, 0.15) is 11.4 Å². The zero-order valence-electron chi connectivity index (χ0n) is 13.1. The topological polar surface area (TPSA) is 93.6 Å². The maximum absolute atomic E-state index is 12.1. The van der Waals surface area contributed by atoms with Gasteiger partial charge in [-0.3, -0.25) is 0 Å². The molecule has 0 saturated carbocycles. The van der Waals surface area contributed by atoms with Gasteiger partial charge in [-0.1, -0.05) is 0 Å². The molecule has 2 heterocycles. The summed E-state index contributed by atoms with van der Waals surface area (Å²) in [7, 11) is 1.32. The molecule has 1 unspecified atom stereocenters. The summed E-state index contributed by atoms with van der Waals surface area (Å²) < 4.78 is 6.47. The van der Waals surface area contributed by atoms with Gasteiger partial charge in [0.15, 0.2) is 5.82 Å². The number of β-amino-alcohol motifs (C(OH)–C–C–N with tert-alkyl or cyclic N) is 1. The fourth-order valence-corrected chi connectivity index (χ4v) is 2.60. The Morgan fingerprint density at radius 2 is 2.14 bits per heavy atom. The first-order chi connectivity index (χ1) is 9.75. The highest BCUT2D eigenvalue weighted by atomic mass is 16.5.